The van der Waals surface area contributed by atoms with Gasteiger partial charge in [0.15, 0.2) is 5.82 Å². The predicted molar refractivity (Wildman–Crippen MR) is 82.1 cm³/mol. The Balaban J connectivity index is 1.66. The number of benzene rings is 1. The van der Waals surface area contributed by atoms with Crippen molar-refractivity contribution in [2.24, 2.45) is 0 Å². The number of rotatable bonds is 4. The van der Waals surface area contributed by atoms with Crippen molar-refractivity contribution in [2.45, 2.75) is 45.1 Å². The van der Waals surface area contributed by atoms with Crippen molar-refractivity contribution in [1.82, 2.24) is 15.0 Å². The zero-order chi connectivity index (χ0) is 15.4. The highest BCUT2D eigenvalue weighted by Gasteiger charge is 2.31. The minimum Gasteiger partial charge on any atom is -0.337 e. The Hall–Kier alpha value is -2.17. The maximum atomic E-state index is 12.6. The van der Waals surface area contributed by atoms with Gasteiger partial charge < -0.3 is 9.42 Å². The zero-order valence-corrected chi connectivity index (χ0v) is 12.9. The minimum atomic E-state index is -0.0572. The lowest BCUT2D eigenvalue weighted by atomic mass is 10.0. The Morgan fingerprint density at radius 2 is 2.14 bits per heavy atom. The summed E-state index contributed by atoms with van der Waals surface area (Å²) < 4.78 is 5.29. The number of hydrogen-bond acceptors (Lipinski definition) is 4. The quantitative estimate of drug-likeness (QED) is 0.870. The van der Waals surface area contributed by atoms with Crippen LogP contribution in [0.25, 0.3) is 0 Å². The van der Waals surface area contributed by atoms with Gasteiger partial charge in [0.2, 0.25) is 11.8 Å². The van der Waals surface area contributed by atoms with E-state index in [0.29, 0.717) is 18.1 Å². The van der Waals surface area contributed by atoms with Gasteiger partial charge in [0.1, 0.15) is 6.04 Å². The zero-order valence-electron chi connectivity index (χ0n) is 12.9. The summed E-state index contributed by atoms with van der Waals surface area (Å²) in [6.45, 7) is 2.58. The number of likely N-dealkylation sites (tertiary alicyclic amines) is 1. The van der Waals surface area contributed by atoms with E-state index >= 15 is 0 Å². The maximum absolute atomic E-state index is 12.6. The molecule has 5 nitrogen and oxygen atoms in total. The van der Waals surface area contributed by atoms with Crippen LogP contribution in [0.3, 0.4) is 0 Å². The maximum Gasteiger partial charge on any atom is 0.249 e. The van der Waals surface area contributed by atoms with E-state index in [1.807, 2.05) is 23.1 Å². The molecule has 116 valence electrons. The van der Waals surface area contributed by atoms with Crippen LogP contribution in [-0.2, 0) is 11.2 Å². The highest BCUT2D eigenvalue weighted by atomic mass is 16.5. The van der Waals surface area contributed by atoms with Gasteiger partial charge in [-0.1, -0.05) is 35.5 Å². The third-order valence-corrected chi connectivity index (χ3v) is 4.12. The Morgan fingerprint density at radius 3 is 2.86 bits per heavy atom. The normalized spacial score (nSPS) is 18.4. The Morgan fingerprint density at radius 1 is 1.32 bits per heavy atom. The molecule has 2 aromatic rings. The molecule has 2 heterocycles. The summed E-state index contributed by atoms with van der Waals surface area (Å²) in [5.74, 6) is 1.37. The highest BCUT2D eigenvalue weighted by Crippen LogP contribution is 2.30. The van der Waals surface area contributed by atoms with Crippen molar-refractivity contribution < 1.29 is 9.32 Å². The standard InChI is InChI=1S/C17H21N3O2/c1-13-18-17(22-19-13)15-9-5-6-12-20(15)16(21)11-10-14-7-3-2-4-8-14/h2-4,7-8,15H,5-6,9-12H2,1H3/t15-/m1/s1. The van der Waals surface area contributed by atoms with Crippen molar-refractivity contribution in [3.05, 3.63) is 47.6 Å². The first-order valence-electron chi connectivity index (χ1n) is 7.87. The molecule has 0 N–H and O–H groups in total. The molecule has 0 radical (unpaired) electrons. The van der Waals surface area contributed by atoms with Gasteiger partial charge in [0, 0.05) is 13.0 Å². The summed E-state index contributed by atoms with van der Waals surface area (Å²) in [5.41, 5.74) is 1.19. The van der Waals surface area contributed by atoms with E-state index in [0.717, 1.165) is 32.2 Å². The second-order valence-electron chi connectivity index (χ2n) is 5.76. The van der Waals surface area contributed by atoms with Crippen molar-refractivity contribution in [3.8, 4) is 0 Å². The first-order valence-corrected chi connectivity index (χ1v) is 7.87. The van der Waals surface area contributed by atoms with Crippen LogP contribution in [-0.4, -0.2) is 27.5 Å². The van der Waals surface area contributed by atoms with E-state index < -0.39 is 0 Å². The Bertz CT molecular complexity index is 624. The van der Waals surface area contributed by atoms with Gasteiger partial charge in [-0.2, -0.15) is 4.98 Å². The molecule has 1 fully saturated rings. The molecule has 0 spiro atoms. The summed E-state index contributed by atoms with van der Waals surface area (Å²) in [7, 11) is 0. The molecule has 0 aliphatic carbocycles. The lowest BCUT2D eigenvalue weighted by Crippen LogP contribution is -2.38. The van der Waals surface area contributed by atoms with Crippen LogP contribution in [0.15, 0.2) is 34.9 Å². The van der Waals surface area contributed by atoms with E-state index in [2.05, 4.69) is 22.3 Å². The third kappa shape index (κ3) is 3.35. The lowest BCUT2D eigenvalue weighted by molar-refractivity contribution is -0.135. The fourth-order valence-corrected chi connectivity index (χ4v) is 2.97. The van der Waals surface area contributed by atoms with Gasteiger partial charge in [-0.15, -0.1) is 0 Å². The summed E-state index contributed by atoms with van der Waals surface area (Å²) in [6, 6.07) is 10.1. The molecule has 1 aromatic carbocycles. The number of carbonyl (C=O) groups excluding carboxylic acids is 1. The molecule has 1 aliphatic rings. The molecule has 0 unspecified atom stereocenters. The topological polar surface area (TPSA) is 59.2 Å². The van der Waals surface area contributed by atoms with Gasteiger partial charge in [-0.25, -0.2) is 0 Å². The van der Waals surface area contributed by atoms with Crippen LogP contribution in [0.2, 0.25) is 0 Å². The molecule has 5 heteroatoms. The molecule has 1 aromatic heterocycles. The number of amides is 1. The molecule has 1 amide bonds. The second kappa shape index (κ2) is 6.73. The van der Waals surface area contributed by atoms with Gasteiger partial charge in [-0.05, 0) is 38.2 Å². The number of carbonyl (C=O) groups is 1. The van der Waals surface area contributed by atoms with Gasteiger partial charge >= 0.3 is 0 Å². The SMILES string of the molecule is Cc1noc([C@H]2CCCCN2C(=O)CCc2ccccc2)n1. The second-order valence-corrected chi connectivity index (χ2v) is 5.76. The molecule has 0 saturated carbocycles. The van der Waals surface area contributed by atoms with Crippen LogP contribution in [0.1, 0.15) is 49.0 Å². The minimum absolute atomic E-state index is 0.0572. The average Bonchev–Trinajstić information content (AvgIpc) is 3.00. The average molecular weight is 299 g/mol. The van der Waals surface area contributed by atoms with E-state index in [-0.39, 0.29) is 11.9 Å². The van der Waals surface area contributed by atoms with E-state index in [9.17, 15) is 4.79 Å². The van der Waals surface area contributed by atoms with Crippen LogP contribution < -0.4 is 0 Å². The van der Waals surface area contributed by atoms with E-state index in [4.69, 9.17) is 4.52 Å². The van der Waals surface area contributed by atoms with Crippen LogP contribution in [0.4, 0.5) is 0 Å². The van der Waals surface area contributed by atoms with Crippen molar-refractivity contribution in [1.29, 1.82) is 0 Å². The molecule has 1 atom stereocenters. The third-order valence-electron chi connectivity index (χ3n) is 4.12. The first kappa shape index (κ1) is 14.8. The van der Waals surface area contributed by atoms with Crippen molar-refractivity contribution in [3.63, 3.8) is 0 Å². The smallest absolute Gasteiger partial charge is 0.249 e. The van der Waals surface area contributed by atoms with Crippen molar-refractivity contribution >= 4 is 5.91 Å². The summed E-state index contributed by atoms with van der Waals surface area (Å²) in [4.78, 5) is 18.8. The number of hydrogen-bond donors (Lipinski definition) is 0. The molecule has 3 rings (SSSR count). The largest absolute Gasteiger partial charge is 0.337 e. The van der Waals surface area contributed by atoms with Crippen LogP contribution in [0.5, 0.6) is 0 Å². The first-order chi connectivity index (χ1) is 10.7. The van der Waals surface area contributed by atoms with Crippen LogP contribution >= 0.6 is 0 Å². The van der Waals surface area contributed by atoms with Gasteiger partial charge in [0.05, 0.1) is 0 Å². The van der Waals surface area contributed by atoms with E-state index in [1.54, 1.807) is 6.92 Å². The molecule has 1 aliphatic heterocycles. The molecular formula is C17H21N3O2. The molecule has 22 heavy (non-hydrogen) atoms. The predicted octanol–water partition coefficient (Wildman–Crippen LogP) is 3.06. The molecule has 1 saturated heterocycles. The number of aryl methyl sites for hydroxylation is 2. The van der Waals surface area contributed by atoms with Gasteiger partial charge in [-0.3, -0.25) is 4.79 Å². The highest BCUT2D eigenvalue weighted by molar-refractivity contribution is 5.77. The summed E-state index contributed by atoms with van der Waals surface area (Å²) >= 11 is 0. The van der Waals surface area contributed by atoms with Crippen molar-refractivity contribution in [2.75, 3.05) is 6.54 Å². The lowest BCUT2D eigenvalue weighted by Gasteiger charge is -2.33. The van der Waals surface area contributed by atoms with E-state index in [1.165, 1.54) is 5.56 Å². The fraction of sp³-hybridized carbons (Fsp3) is 0.471. The summed E-state index contributed by atoms with van der Waals surface area (Å²) in [5, 5.41) is 3.86. The Labute approximate surface area is 130 Å². The van der Waals surface area contributed by atoms with Crippen LogP contribution in [0, 0.1) is 6.92 Å². The number of aromatic nitrogens is 2. The molecule has 0 bridgehead atoms. The molecular weight excluding hydrogens is 278 g/mol. The summed E-state index contributed by atoms with van der Waals surface area (Å²) in [6.07, 6.45) is 4.33. The fourth-order valence-electron chi connectivity index (χ4n) is 2.97. The number of nitrogens with zero attached hydrogens (tertiary/aromatic N) is 3. The van der Waals surface area contributed by atoms with Gasteiger partial charge in [0.25, 0.3) is 0 Å². The number of piperidine rings is 1. The Kier molecular flexibility index (Phi) is 4.51. The monoisotopic (exact) mass is 299 g/mol.